The van der Waals surface area contributed by atoms with Gasteiger partial charge in [0.2, 0.25) is 6.10 Å². The van der Waals surface area contributed by atoms with E-state index in [-0.39, 0.29) is 6.61 Å². The van der Waals surface area contributed by atoms with Crippen LogP contribution in [0.3, 0.4) is 0 Å². The van der Waals surface area contributed by atoms with E-state index in [1.165, 1.54) is 6.92 Å². The van der Waals surface area contributed by atoms with Crippen LogP contribution in [0.25, 0.3) is 0 Å². The molecule has 0 spiro atoms. The van der Waals surface area contributed by atoms with E-state index >= 15 is 0 Å². The van der Waals surface area contributed by atoms with Gasteiger partial charge in [0.05, 0.1) is 6.61 Å². The Bertz CT molecular complexity index is 359. The number of ether oxygens (including phenoxy) is 2. The molecule has 86 valence electrons. The van der Waals surface area contributed by atoms with Gasteiger partial charge in [-0.05, 0) is 6.92 Å². The number of esters is 2. The Balaban J connectivity index is 2.87. The van der Waals surface area contributed by atoms with E-state index in [9.17, 15) is 9.59 Å². The van der Waals surface area contributed by atoms with E-state index in [1.807, 2.05) is 6.07 Å². The number of carbonyl (C=O) groups excluding carboxylic acids is 2. The van der Waals surface area contributed by atoms with E-state index in [0.29, 0.717) is 5.56 Å². The molecule has 1 aromatic carbocycles. The molecular formula is C12H14O4. The van der Waals surface area contributed by atoms with Crippen LogP contribution >= 0.6 is 0 Å². The summed E-state index contributed by atoms with van der Waals surface area (Å²) in [5.74, 6) is -1.06. The van der Waals surface area contributed by atoms with Gasteiger partial charge in [0, 0.05) is 12.5 Å². The lowest BCUT2D eigenvalue weighted by atomic mass is 10.1. The third-order valence-electron chi connectivity index (χ3n) is 1.89. The first-order valence-electron chi connectivity index (χ1n) is 5.04. The minimum absolute atomic E-state index is 0.253. The predicted octanol–water partition coefficient (Wildman–Crippen LogP) is 1.85. The van der Waals surface area contributed by atoms with Crippen LogP contribution in [0.15, 0.2) is 30.3 Å². The normalized spacial score (nSPS) is 11.6. The SMILES string of the molecule is CCOC(=O)C(OC(C)=O)c1ccccc1. The number of carbonyl (C=O) groups is 2. The van der Waals surface area contributed by atoms with Crippen molar-refractivity contribution >= 4 is 11.9 Å². The van der Waals surface area contributed by atoms with Crippen molar-refractivity contribution in [3.63, 3.8) is 0 Å². The summed E-state index contributed by atoms with van der Waals surface area (Å²) in [6, 6.07) is 8.78. The summed E-state index contributed by atoms with van der Waals surface area (Å²) in [4.78, 5) is 22.5. The third-order valence-corrected chi connectivity index (χ3v) is 1.89. The zero-order valence-corrected chi connectivity index (χ0v) is 9.30. The van der Waals surface area contributed by atoms with E-state index in [1.54, 1.807) is 31.2 Å². The van der Waals surface area contributed by atoms with Crippen molar-refractivity contribution in [1.82, 2.24) is 0 Å². The number of hydrogen-bond acceptors (Lipinski definition) is 4. The maximum atomic E-state index is 11.6. The number of hydrogen-bond donors (Lipinski definition) is 0. The molecule has 0 aromatic heterocycles. The first-order chi connectivity index (χ1) is 7.65. The van der Waals surface area contributed by atoms with Crippen LogP contribution in [0, 0.1) is 0 Å². The molecule has 0 bridgehead atoms. The van der Waals surface area contributed by atoms with Crippen molar-refractivity contribution in [2.24, 2.45) is 0 Å². The summed E-state index contributed by atoms with van der Waals surface area (Å²) < 4.78 is 9.78. The molecule has 1 rings (SSSR count). The Morgan fingerprint density at radius 2 is 1.88 bits per heavy atom. The van der Waals surface area contributed by atoms with Gasteiger partial charge < -0.3 is 9.47 Å². The second-order valence-corrected chi connectivity index (χ2v) is 3.15. The second kappa shape index (κ2) is 5.90. The van der Waals surface area contributed by atoms with E-state index in [2.05, 4.69) is 0 Å². The summed E-state index contributed by atoms with van der Waals surface area (Å²) in [6.07, 6.45) is -0.973. The highest BCUT2D eigenvalue weighted by atomic mass is 16.6. The van der Waals surface area contributed by atoms with Crippen LogP contribution in [-0.2, 0) is 19.1 Å². The lowest BCUT2D eigenvalue weighted by Crippen LogP contribution is -2.20. The van der Waals surface area contributed by atoms with Crippen LogP contribution in [-0.4, -0.2) is 18.5 Å². The van der Waals surface area contributed by atoms with Gasteiger partial charge in [0.15, 0.2) is 0 Å². The maximum absolute atomic E-state index is 11.6. The first kappa shape index (κ1) is 12.2. The van der Waals surface area contributed by atoms with E-state index < -0.39 is 18.0 Å². The largest absolute Gasteiger partial charge is 0.463 e. The molecule has 0 heterocycles. The summed E-state index contributed by atoms with van der Waals surface area (Å²) in [7, 11) is 0. The Hall–Kier alpha value is -1.84. The summed E-state index contributed by atoms with van der Waals surface area (Å²) in [6.45, 7) is 3.21. The summed E-state index contributed by atoms with van der Waals surface area (Å²) in [5, 5.41) is 0. The van der Waals surface area contributed by atoms with Gasteiger partial charge in [-0.25, -0.2) is 4.79 Å². The van der Waals surface area contributed by atoms with Crippen LogP contribution in [0.2, 0.25) is 0 Å². The maximum Gasteiger partial charge on any atom is 0.352 e. The second-order valence-electron chi connectivity index (χ2n) is 3.15. The highest BCUT2D eigenvalue weighted by Crippen LogP contribution is 2.18. The Morgan fingerprint density at radius 3 is 2.38 bits per heavy atom. The molecule has 1 unspecified atom stereocenters. The highest BCUT2D eigenvalue weighted by Gasteiger charge is 2.24. The molecule has 0 saturated carbocycles. The molecule has 0 saturated heterocycles. The molecule has 1 aromatic rings. The zero-order chi connectivity index (χ0) is 12.0. The number of benzene rings is 1. The van der Waals surface area contributed by atoms with Gasteiger partial charge in [-0.3, -0.25) is 4.79 Å². The van der Waals surface area contributed by atoms with Crippen molar-refractivity contribution in [1.29, 1.82) is 0 Å². The fourth-order valence-electron chi connectivity index (χ4n) is 1.26. The predicted molar refractivity (Wildman–Crippen MR) is 57.6 cm³/mol. The average molecular weight is 222 g/mol. The molecule has 0 aliphatic heterocycles. The Morgan fingerprint density at radius 1 is 1.25 bits per heavy atom. The van der Waals surface area contributed by atoms with E-state index in [4.69, 9.17) is 9.47 Å². The zero-order valence-electron chi connectivity index (χ0n) is 9.30. The van der Waals surface area contributed by atoms with Crippen molar-refractivity contribution in [3.8, 4) is 0 Å². The Kier molecular flexibility index (Phi) is 4.51. The lowest BCUT2D eigenvalue weighted by molar-refractivity contribution is -0.167. The fraction of sp³-hybridized carbons (Fsp3) is 0.333. The number of rotatable bonds is 4. The molecular weight excluding hydrogens is 208 g/mol. The quantitative estimate of drug-likeness (QED) is 0.729. The van der Waals surface area contributed by atoms with Gasteiger partial charge in [-0.15, -0.1) is 0 Å². The molecule has 0 amide bonds. The van der Waals surface area contributed by atoms with Gasteiger partial charge in [-0.1, -0.05) is 30.3 Å². The van der Waals surface area contributed by atoms with Crippen molar-refractivity contribution in [2.45, 2.75) is 20.0 Å². The van der Waals surface area contributed by atoms with E-state index in [0.717, 1.165) is 0 Å². The van der Waals surface area contributed by atoms with Crippen LogP contribution < -0.4 is 0 Å². The molecule has 0 aliphatic carbocycles. The minimum Gasteiger partial charge on any atom is -0.463 e. The average Bonchev–Trinajstić information content (AvgIpc) is 2.27. The van der Waals surface area contributed by atoms with Gasteiger partial charge in [0.25, 0.3) is 0 Å². The first-order valence-corrected chi connectivity index (χ1v) is 5.04. The van der Waals surface area contributed by atoms with Crippen LogP contribution in [0.1, 0.15) is 25.5 Å². The standard InChI is InChI=1S/C12H14O4/c1-3-15-12(14)11(16-9(2)13)10-7-5-4-6-8-10/h4-8,11H,3H2,1-2H3. The smallest absolute Gasteiger partial charge is 0.352 e. The van der Waals surface area contributed by atoms with Crippen molar-refractivity contribution in [3.05, 3.63) is 35.9 Å². The molecule has 16 heavy (non-hydrogen) atoms. The third kappa shape index (κ3) is 3.38. The van der Waals surface area contributed by atoms with Gasteiger partial charge in [-0.2, -0.15) is 0 Å². The monoisotopic (exact) mass is 222 g/mol. The Labute approximate surface area is 94.2 Å². The molecule has 4 nitrogen and oxygen atoms in total. The highest BCUT2D eigenvalue weighted by molar-refractivity contribution is 5.80. The van der Waals surface area contributed by atoms with Crippen molar-refractivity contribution in [2.75, 3.05) is 6.61 Å². The molecule has 1 atom stereocenters. The fourth-order valence-corrected chi connectivity index (χ4v) is 1.26. The summed E-state index contributed by atoms with van der Waals surface area (Å²) in [5.41, 5.74) is 0.608. The van der Waals surface area contributed by atoms with Gasteiger partial charge >= 0.3 is 11.9 Å². The van der Waals surface area contributed by atoms with Crippen LogP contribution in [0.5, 0.6) is 0 Å². The van der Waals surface area contributed by atoms with Crippen LogP contribution in [0.4, 0.5) is 0 Å². The summed E-state index contributed by atoms with van der Waals surface area (Å²) >= 11 is 0. The molecule has 0 aliphatic rings. The molecule has 4 heteroatoms. The van der Waals surface area contributed by atoms with Crippen molar-refractivity contribution < 1.29 is 19.1 Å². The topological polar surface area (TPSA) is 52.6 Å². The minimum atomic E-state index is -0.973. The molecule has 0 radical (unpaired) electrons. The lowest BCUT2D eigenvalue weighted by Gasteiger charge is -2.15. The van der Waals surface area contributed by atoms with Gasteiger partial charge in [0.1, 0.15) is 0 Å². The molecule has 0 fully saturated rings. The molecule has 0 N–H and O–H groups in total.